The summed E-state index contributed by atoms with van der Waals surface area (Å²) < 4.78 is 5.49. The maximum atomic E-state index is 11.3. The van der Waals surface area contributed by atoms with E-state index in [0.717, 1.165) is 17.1 Å². The summed E-state index contributed by atoms with van der Waals surface area (Å²) >= 11 is 1.33. The van der Waals surface area contributed by atoms with Gasteiger partial charge in [-0.3, -0.25) is 0 Å². The van der Waals surface area contributed by atoms with Crippen LogP contribution in [0.4, 0.5) is 0 Å². The van der Waals surface area contributed by atoms with Crippen LogP contribution in [-0.4, -0.2) is 21.0 Å². The lowest BCUT2D eigenvalue weighted by molar-refractivity contribution is 0.0691. The van der Waals surface area contributed by atoms with E-state index in [-0.39, 0.29) is 5.56 Å². The number of aromatic carboxylic acids is 1. The summed E-state index contributed by atoms with van der Waals surface area (Å²) in [6.45, 7) is 7.36. The molecule has 0 spiro atoms. The highest BCUT2D eigenvalue weighted by molar-refractivity contribution is 7.98. The average Bonchev–Trinajstić information content (AvgIpc) is 2.64. The van der Waals surface area contributed by atoms with Crippen LogP contribution in [0.25, 0.3) is 0 Å². The molecule has 20 heavy (non-hydrogen) atoms. The summed E-state index contributed by atoms with van der Waals surface area (Å²) in [6, 6.07) is 1.77. The lowest BCUT2D eigenvalue weighted by Gasteiger charge is -2.08. The summed E-state index contributed by atoms with van der Waals surface area (Å²) in [4.78, 5) is 19.9. The quantitative estimate of drug-likeness (QED) is 0.871. The molecule has 0 radical (unpaired) electrons. The van der Waals surface area contributed by atoms with Gasteiger partial charge in [-0.2, -0.15) is 0 Å². The van der Waals surface area contributed by atoms with Crippen molar-refractivity contribution in [1.82, 2.24) is 9.97 Å². The van der Waals surface area contributed by atoms with E-state index in [1.165, 1.54) is 11.8 Å². The number of rotatable bonds is 4. The fourth-order valence-corrected chi connectivity index (χ4v) is 2.88. The van der Waals surface area contributed by atoms with Crippen molar-refractivity contribution in [3.05, 3.63) is 40.2 Å². The van der Waals surface area contributed by atoms with Crippen LogP contribution in [0.1, 0.15) is 39.0 Å². The van der Waals surface area contributed by atoms with Crippen molar-refractivity contribution < 1.29 is 14.3 Å². The minimum atomic E-state index is -0.961. The number of carboxylic acid groups (broad SMARTS) is 1. The molecule has 2 rings (SSSR count). The fourth-order valence-electron chi connectivity index (χ4n) is 1.90. The van der Waals surface area contributed by atoms with Gasteiger partial charge in [0.15, 0.2) is 0 Å². The number of thioether (sulfide) groups is 1. The zero-order valence-corrected chi connectivity index (χ0v) is 12.7. The Balaban J connectivity index is 2.26. The lowest BCUT2D eigenvalue weighted by atomic mass is 10.1. The molecule has 0 aliphatic carbocycles. The Bertz CT molecular complexity index is 645. The second-order valence-electron chi connectivity index (χ2n) is 4.60. The summed E-state index contributed by atoms with van der Waals surface area (Å²) in [7, 11) is 0. The van der Waals surface area contributed by atoms with Gasteiger partial charge in [0.2, 0.25) is 5.89 Å². The molecular formula is C14H16N2O3S. The molecule has 0 saturated carbocycles. The van der Waals surface area contributed by atoms with Gasteiger partial charge in [-0.15, -0.1) is 0 Å². The standard InChI is InChI=1S/C14H16N2O3S/c1-7-5-8(2)15-13(12(7)14(17)18)20-6-11-16-9(3)10(4)19-11/h5H,6H2,1-4H3,(H,17,18). The van der Waals surface area contributed by atoms with Gasteiger partial charge in [-0.05, 0) is 39.3 Å². The van der Waals surface area contributed by atoms with Gasteiger partial charge in [-0.1, -0.05) is 11.8 Å². The molecule has 0 aliphatic rings. The molecule has 0 atom stereocenters. The highest BCUT2D eigenvalue weighted by Gasteiger charge is 2.17. The average molecular weight is 292 g/mol. The molecule has 1 N–H and O–H groups in total. The summed E-state index contributed by atoms with van der Waals surface area (Å²) in [5, 5.41) is 9.79. The van der Waals surface area contributed by atoms with Crippen molar-refractivity contribution in [3.8, 4) is 0 Å². The molecule has 0 unspecified atom stereocenters. The number of nitrogens with zero attached hydrogens (tertiary/aromatic N) is 2. The number of pyridine rings is 1. The van der Waals surface area contributed by atoms with Crippen molar-refractivity contribution in [2.75, 3.05) is 0 Å². The number of carboxylic acids is 1. The van der Waals surface area contributed by atoms with Crippen LogP contribution in [0.5, 0.6) is 0 Å². The zero-order valence-electron chi connectivity index (χ0n) is 11.9. The number of oxazole rings is 1. The molecule has 0 aliphatic heterocycles. The first-order valence-electron chi connectivity index (χ1n) is 6.15. The monoisotopic (exact) mass is 292 g/mol. The fraction of sp³-hybridized carbons (Fsp3) is 0.357. The smallest absolute Gasteiger partial charge is 0.338 e. The van der Waals surface area contributed by atoms with E-state index < -0.39 is 5.97 Å². The molecule has 0 aromatic carbocycles. The Morgan fingerprint density at radius 3 is 2.55 bits per heavy atom. The van der Waals surface area contributed by atoms with Crippen LogP contribution in [0.15, 0.2) is 15.5 Å². The summed E-state index contributed by atoms with van der Waals surface area (Å²) in [5.41, 5.74) is 2.62. The third-order valence-corrected chi connectivity index (χ3v) is 3.89. The van der Waals surface area contributed by atoms with E-state index in [4.69, 9.17) is 4.42 Å². The molecular weight excluding hydrogens is 276 g/mol. The number of hydrogen-bond donors (Lipinski definition) is 1. The Labute approximate surface area is 121 Å². The minimum Gasteiger partial charge on any atom is -0.478 e. The first-order chi connectivity index (χ1) is 9.38. The number of hydrogen-bond acceptors (Lipinski definition) is 5. The highest BCUT2D eigenvalue weighted by Crippen LogP contribution is 2.27. The Hall–Kier alpha value is -1.82. The summed E-state index contributed by atoms with van der Waals surface area (Å²) in [5.74, 6) is 0.872. The molecule has 5 nitrogen and oxygen atoms in total. The zero-order chi connectivity index (χ0) is 14.9. The van der Waals surface area contributed by atoms with E-state index in [9.17, 15) is 9.90 Å². The van der Waals surface area contributed by atoms with Gasteiger partial charge in [-0.25, -0.2) is 14.8 Å². The lowest BCUT2D eigenvalue weighted by Crippen LogP contribution is -2.05. The molecule has 2 heterocycles. The molecule has 0 fully saturated rings. The Kier molecular flexibility index (Phi) is 4.13. The van der Waals surface area contributed by atoms with E-state index >= 15 is 0 Å². The van der Waals surface area contributed by atoms with Crippen molar-refractivity contribution in [2.45, 2.75) is 38.5 Å². The van der Waals surface area contributed by atoms with Crippen molar-refractivity contribution >= 4 is 17.7 Å². The van der Waals surface area contributed by atoms with Crippen LogP contribution >= 0.6 is 11.8 Å². The molecule has 6 heteroatoms. The summed E-state index contributed by atoms with van der Waals surface area (Å²) in [6.07, 6.45) is 0. The third kappa shape index (κ3) is 3.01. The molecule has 0 bridgehead atoms. The van der Waals surface area contributed by atoms with Crippen LogP contribution in [0.3, 0.4) is 0 Å². The minimum absolute atomic E-state index is 0.251. The molecule has 0 amide bonds. The van der Waals surface area contributed by atoms with Gasteiger partial charge in [0.1, 0.15) is 10.8 Å². The maximum Gasteiger partial charge on any atom is 0.338 e. The number of aryl methyl sites for hydroxylation is 4. The number of aromatic nitrogens is 2. The predicted molar refractivity (Wildman–Crippen MR) is 76.2 cm³/mol. The second-order valence-corrected chi connectivity index (χ2v) is 5.57. The van der Waals surface area contributed by atoms with Crippen molar-refractivity contribution in [3.63, 3.8) is 0 Å². The van der Waals surface area contributed by atoms with E-state index in [1.54, 1.807) is 13.0 Å². The largest absolute Gasteiger partial charge is 0.478 e. The first kappa shape index (κ1) is 14.6. The third-order valence-electron chi connectivity index (χ3n) is 2.93. The van der Waals surface area contributed by atoms with Crippen LogP contribution in [0, 0.1) is 27.7 Å². The second kappa shape index (κ2) is 5.66. The Morgan fingerprint density at radius 2 is 2.00 bits per heavy atom. The topological polar surface area (TPSA) is 76.2 Å². The van der Waals surface area contributed by atoms with E-state index in [0.29, 0.717) is 22.2 Å². The van der Waals surface area contributed by atoms with Crippen molar-refractivity contribution in [2.24, 2.45) is 0 Å². The molecule has 106 valence electrons. The Morgan fingerprint density at radius 1 is 1.30 bits per heavy atom. The normalized spacial score (nSPS) is 10.8. The SMILES string of the molecule is Cc1cc(C)c(C(=O)O)c(SCc2nc(C)c(C)o2)n1. The van der Waals surface area contributed by atoms with Crippen LogP contribution in [0.2, 0.25) is 0 Å². The van der Waals surface area contributed by atoms with Crippen molar-refractivity contribution in [1.29, 1.82) is 0 Å². The van der Waals surface area contributed by atoms with Gasteiger partial charge in [0.25, 0.3) is 0 Å². The van der Waals surface area contributed by atoms with Gasteiger partial charge >= 0.3 is 5.97 Å². The predicted octanol–water partition coefficient (Wildman–Crippen LogP) is 3.29. The van der Waals surface area contributed by atoms with Crippen LogP contribution < -0.4 is 0 Å². The molecule has 2 aromatic rings. The van der Waals surface area contributed by atoms with E-state index in [2.05, 4.69) is 9.97 Å². The molecule has 0 saturated heterocycles. The van der Waals surface area contributed by atoms with Gasteiger partial charge in [0, 0.05) is 5.69 Å². The van der Waals surface area contributed by atoms with Crippen LogP contribution in [-0.2, 0) is 5.75 Å². The van der Waals surface area contributed by atoms with Gasteiger partial charge < -0.3 is 9.52 Å². The first-order valence-corrected chi connectivity index (χ1v) is 7.14. The maximum absolute atomic E-state index is 11.3. The number of carbonyl (C=O) groups is 1. The van der Waals surface area contributed by atoms with E-state index in [1.807, 2.05) is 20.8 Å². The molecule has 2 aromatic heterocycles. The highest BCUT2D eigenvalue weighted by atomic mass is 32.2. The van der Waals surface area contributed by atoms with Gasteiger partial charge in [0.05, 0.1) is 17.0 Å².